The van der Waals surface area contributed by atoms with Crippen LogP contribution in [0.1, 0.15) is 59.3 Å². The standard InChI is InChI=1S/C15H30N2/c1-4-16-13-8-11-17(12-9-13)14-7-5-6-10-15(14,2)3/h13-14,16H,4-12H2,1-3H3. The zero-order chi connectivity index (χ0) is 12.3. The minimum atomic E-state index is 0.545. The molecular weight excluding hydrogens is 208 g/mol. The molecule has 0 aromatic heterocycles. The lowest BCUT2D eigenvalue weighted by Gasteiger charge is -2.47. The predicted octanol–water partition coefficient (Wildman–Crippen LogP) is 3.03. The van der Waals surface area contributed by atoms with E-state index < -0.39 is 0 Å². The summed E-state index contributed by atoms with van der Waals surface area (Å²) in [6.07, 6.45) is 8.43. The summed E-state index contributed by atoms with van der Waals surface area (Å²) in [5.41, 5.74) is 0.545. The number of hydrogen-bond donors (Lipinski definition) is 1. The Kier molecular flexibility index (Phi) is 4.48. The van der Waals surface area contributed by atoms with Gasteiger partial charge in [0, 0.05) is 12.1 Å². The molecule has 0 spiro atoms. The highest BCUT2D eigenvalue weighted by Crippen LogP contribution is 2.39. The molecule has 1 atom stereocenters. The largest absolute Gasteiger partial charge is 0.314 e. The van der Waals surface area contributed by atoms with Crippen LogP contribution in [0.4, 0.5) is 0 Å². The van der Waals surface area contributed by atoms with Gasteiger partial charge < -0.3 is 5.32 Å². The fraction of sp³-hybridized carbons (Fsp3) is 1.00. The van der Waals surface area contributed by atoms with Gasteiger partial charge in [0.1, 0.15) is 0 Å². The molecule has 2 rings (SSSR count). The van der Waals surface area contributed by atoms with E-state index in [1.807, 2.05) is 0 Å². The Bertz CT molecular complexity index is 229. The molecule has 1 aliphatic carbocycles. The zero-order valence-electron chi connectivity index (χ0n) is 12.0. The lowest BCUT2D eigenvalue weighted by atomic mass is 9.72. The summed E-state index contributed by atoms with van der Waals surface area (Å²) < 4.78 is 0. The molecule has 2 nitrogen and oxygen atoms in total. The van der Waals surface area contributed by atoms with Gasteiger partial charge in [-0.1, -0.05) is 33.6 Å². The van der Waals surface area contributed by atoms with Crippen LogP contribution in [-0.2, 0) is 0 Å². The van der Waals surface area contributed by atoms with Gasteiger partial charge in [-0.25, -0.2) is 0 Å². The fourth-order valence-electron chi connectivity index (χ4n) is 3.86. The third kappa shape index (κ3) is 3.23. The maximum absolute atomic E-state index is 3.60. The molecule has 2 heteroatoms. The highest BCUT2D eigenvalue weighted by atomic mass is 15.2. The summed E-state index contributed by atoms with van der Waals surface area (Å²) in [5, 5.41) is 3.60. The van der Waals surface area contributed by atoms with Gasteiger partial charge in [-0.2, -0.15) is 0 Å². The monoisotopic (exact) mass is 238 g/mol. The molecule has 1 N–H and O–H groups in total. The van der Waals surface area contributed by atoms with Crippen LogP contribution in [-0.4, -0.2) is 36.6 Å². The van der Waals surface area contributed by atoms with Crippen molar-refractivity contribution in [3.05, 3.63) is 0 Å². The first kappa shape index (κ1) is 13.4. The van der Waals surface area contributed by atoms with Gasteiger partial charge in [-0.3, -0.25) is 4.90 Å². The van der Waals surface area contributed by atoms with Crippen LogP contribution < -0.4 is 5.32 Å². The first-order chi connectivity index (χ1) is 8.13. The molecule has 1 aliphatic heterocycles. The van der Waals surface area contributed by atoms with Crippen LogP contribution in [0.25, 0.3) is 0 Å². The van der Waals surface area contributed by atoms with E-state index in [0.717, 1.165) is 18.6 Å². The van der Waals surface area contributed by atoms with Crippen LogP contribution in [0.5, 0.6) is 0 Å². The highest BCUT2D eigenvalue weighted by molar-refractivity contribution is 4.92. The van der Waals surface area contributed by atoms with Crippen molar-refractivity contribution in [2.75, 3.05) is 19.6 Å². The van der Waals surface area contributed by atoms with Crippen LogP contribution in [0.15, 0.2) is 0 Å². The number of nitrogens with zero attached hydrogens (tertiary/aromatic N) is 1. The van der Waals surface area contributed by atoms with E-state index in [-0.39, 0.29) is 0 Å². The van der Waals surface area contributed by atoms with Crippen LogP contribution >= 0.6 is 0 Å². The van der Waals surface area contributed by atoms with Gasteiger partial charge in [-0.05, 0) is 50.7 Å². The van der Waals surface area contributed by atoms with Crippen molar-refractivity contribution in [3.63, 3.8) is 0 Å². The first-order valence-electron chi connectivity index (χ1n) is 7.61. The van der Waals surface area contributed by atoms with E-state index in [0.29, 0.717) is 5.41 Å². The van der Waals surface area contributed by atoms with Crippen molar-refractivity contribution in [2.24, 2.45) is 5.41 Å². The minimum Gasteiger partial charge on any atom is -0.314 e. The number of hydrogen-bond acceptors (Lipinski definition) is 2. The van der Waals surface area contributed by atoms with Crippen molar-refractivity contribution in [3.8, 4) is 0 Å². The van der Waals surface area contributed by atoms with Gasteiger partial charge in [0.15, 0.2) is 0 Å². The Balaban J connectivity index is 1.87. The van der Waals surface area contributed by atoms with Crippen molar-refractivity contribution >= 4 is 0 Å². The Labute approximate surface area is 107 Å². The Hall–Kier alpha value is -0.0800. The molecule has 1 unspecified atom stereocenters. The maximum atomic E-state index is 3.60. The second-order valence-electron chi connectivity index (χ2n) is 6.62. The molecular formula is C15H30N2. The van der Waals surface area contributed by atoms with E-state index >= 15 is 0 Å². The lowest BCUT2D eigenvalue weighted by Crippen LogP contribution is -2.52. The van der Waals surface area contributed by atoms with Crippen molar-refractivity contribution in [1.82, 2.24) is 10.2 Å². The third-order valence-electron chi connectivity index (χ3n) is 4.91. The second kappa shape index (κ2) is 5.71. The normalized spacial score (nSPS) is 31.6. The second-order valence-corrected chi connectivity index (χ2v) is 6.62. The van der Waals surface area contributed by atoms with Crippen LogP contribution in [0.2, 0.25) is 0 Å². The van der Waals surface area contributed by atoms with E-state index in [1.54, 1.807) is 0 Å². The molecule has 0 radical (unpaired) electrons. The summed E-state index contributed by atoms with van der Waals surface area (Å²) in [4.78, 5) is 2.78. The molecule has 1 heterocycles. The van der Waals surface area contributed by atoms with Crippen molar-refractivity contribution in [1.29, 1.82) is 0 Å². The fourth-order valence-corrected chi connectivity index (χ4v) is 3.86. The average molecular weight is 238 g/mol. The SMILES string of the molecule is CCNC1CCN(C2CCCCC2(C)C)CC1. The molecule has 0 aromatic carbocycles. The number of rotatable bonds is 3. The maximum Gasteiger partial charge on any atom is 0.0146 e. The van der Waals surface area contributed by atoms with Gasteiger partial charge in [-0.15, -0.1) is 0 Å². The molecule has 0 amide bonds. The van der Waals surface area contributed by atoms with Crippen molar-refractivity contribution < 1.29 is 0 Å². The molecule has 1 saturated heterocycles. The summed E-state index contributed by atoms with van der Waals surface area (Å²) >= 11 is 0. The average Bonchev–Trinajstić information content (AvgIpc) is 2.30. The van der Waals surface area contributed by atoms with E-state index in [1.165, 1.54) is 51.6 Å². The van der Waals surface area contributed by atoms with E-state index in [9.17, 15) is 0 Å². The Morgan fingerprint density at radius 2 is 1.82 bits per heavy atom. The van der Waals surface area contributed by atoms with Crippen LogP contribution in [0.3, 0.4) is 0 Å². The predicted molar refractivity (Wildman–Crippen MR) is 74.3 cm³/mol. The lowest BCUT2D eigenvalue weighted by molar-refractivity contribution is 0.0299. The van der Waals surface area contributed by atoms with Crippen molar-refractivity contribution in [2.45, 2.75) is 71.4 Å². The van der Waals surface area contributed by atoms with Gasteiger partial charge in [0.05, 0.1) is 0 Å². The molecule has 100 valence electrons. The molecule has 2 aliphatic rings. The number of nitrogens with one attached hydrogen (secondary N) is 1. The first-order valence-corrected chi connectivity index (χ1v) is 7.61. The highest BCUT2D eigenvalue weighted by Gasteiger charge is 2.37. The molecule has 0 aromatic rings. The Morgan fingerprint density at radius 1 is 1.12 bits per heavy atom. The van der Waals surface area contributed by atoms with Gasteiger partial charge >= 0.3 is 0 Å². The van der Waals surface area contributed by atoms with E-state index in [2.05, 4.69) is 31.0 Å². The summed E-state index contributed by atoms with van der Waals surface area (Å²) in [6, 6.07) is 1.63. The van der Waals surface area contributed by atoms with Gasteiger partial charge in [0.25, 0.3) is 0 Å². The number of piperidine rings is 1. The zero-order valence-corrected chi connectivity index (χ0v) is 12.0. The molecule has 1 saturated carbocycles. The molecule has 0 bridgehead atoms. The number of likely N-dealkylation sites (tertiary alicyclic amines) is 1. The smallest absolute Gasteiger partial charge is 0.0146 e. The molecule has 17 heavy (non-hydrogen) atoms. The van der Waals surface area contributed by atoms with Crippen LogP contribution in [0, 0.1) is 5.41 Å². The minimum absolute atomic E-state index is 0.545. The summed E-state index contributed by atoms with van der Waals surface area (Å²) in [7, 11) is 0. The Morgan fingerprint density at radius 3 is 2.41 bits per heavy atom. The third-order valence-corrected chi connectivity index (χ3v) is 4.91. The summed E-state index contributed by atoms with van der Waals surface area (Å²) in [5.74, 6) is 0. The quantitative estimate of drug-likeness (QED) is 0.813. The summed E-state index contributed by atoms with van der Waals surface area (Å²) in [6.45, 7) is 10.9. The topological polar surface area (TPSA) is 15.3 Å². The van der Waals surface area contributed by atoms with E-state index in [4.69, 9.17) is 0 Å². The van der Waals surface area contributed by atoms with Gasteiger partial charge in [0.2, 0.25) is 0 Å². The molecule has 2 fully saturated rings.